The molecule has 1 aromatic heterocycles. The number of hydrogen-bond acceptors (Lipinski definition) is 4. The molecular formula is C21H28N4O. The van der Waals surface area contributed by atoms with E-state index in [1.165, 1.54) is 25.7 Å². The predicted octanol–water partition coefficient (Wildman–Crippen LogP) is 4.54. The van der Waals surface area contributed by atoms with Crippen molar-refractivity contribution in [1.82, 2.24) is 9.97 Å². The second kappa shape index (κ2) is 8.30. The summed E-state index contributed by atoms with van der Waals surface area (Å²) in [5.74, 6) is 0.986. The van der Waals surface area contributed by atoms with E-state index in [2.05, 4.69) is 40.1 Å². The van der Waals surface area contributed by atoms with Gasteiger partial charge in [0.1, 0.15) is 11.5 Å². The van der Waals surface area contributed by atoms with Gasteiger partial charge in [-0.2, -0.15) is 0 Å². The molecule has 5 heteroatoms. The lowest BCUT2D eigenvalue weighted by molar-refractivity contribution is 0.102. The number of aromatic nitrogens is 2. The quantitative estimate of drug-likeness (QED) is 0.877. The monoisotopic (exact) mass is 352 g/mol. The molecule has 1 aliphatic rings. The number of rotatable bonds is 4. The van der Waals surface area contributed by atoms with Crippen LogP contribution in [0.5, 0.6) is 0 Å². The van der Waals surface area contributed by atoms with E-state index < -0.39 is 0 Å². The average Bonchev–Trinajstić information content (AvgIpc) is 2.92. The zero-order valence-corrected chi connectivity index (χ0v) is 16.0. The van der Waals surface area contributed by atoms with E-state index in [1.54, 1.807) is 12.4 Å². The Morgan fingerprint density at radius 2 is 1.81 bits per heavy atom. The van der Waals surface area contributed by atoms with Crippen molar-refractivity contribution in [3.05, 3.63) is 47.4 Å². The van der Waals surface area contributed by atoms with Gasteiger partial charge in [0.25, 0.3) is 5.91 Å². The summed E-state index contributed by atoms with van der Waals surface area (Å²) in [6.45, 7) is 8.29. The Hall–Kier alpha value is -2.43. The summed E-state index contributed by atoms with van der Waals surface area (Å²) in [5, 5.41) is 3.03. The molecule has 0 saturated carbocycles. The first-order chi connectivity index (χ1) is 12.6. The van der Waals surface area contributed by atoms with Crippen molar-refractivity contribution in [2.24, 2.45) is 0 Å². The van der Waals surface area contributed by atoms with Gasteiger partial charge in [-0.05, 0) is 36.8 Å². The molecule has 1 saturated heterocycles. The Morgan fingerprint density at radius 3 is 2.42 bits per heavy atom. The highest BCUT2D eigenvalue weighted by molar-refractivity contribution is 6.03. The molecule has 1 N–H and O–H groups in total. The van der Waals surface area contributed by atoms with Crippen LogP contribution in [0, 0.1) is 6.92 Å². The van der Waals surface area contributed by atoms with Crippen LogP contribution in [0.3, 0.4) is 0 Å². The minimum Gasteiger partial charge on any atom is -0.355 e. The van der Waals surface area contributed by atoms with E-state index in [-0.39, 0.29) is 5.91 Å². The molecule has 1 amide bonds. The molecule has 0 unspecified atom stereocenters. The minimum absolute atomic E-state index is 0.212. The van der Waals surface area contributed by atoms with E-state index in [4.69, 9.17) is 0 Å². The summed E-state index contributed by atoms with van der Waals surface area (Å²) in [7, 11) is 0. The van der Waals surface area contributed by atoms with E-state index in [0.717, 1.165) is 35.7 Å². The number of nitrogens with one attached hydrogen (secondary N) is 1. The molecule has 2 aromatic rings. The third-order valence-electron chi connectivity index (χ3n) is 4.97. The first-order valence-electron chi connectivity index (χ1n) is 9.54. The SMILES string of the molecule is Cc1cccc(C(C)C)c1NC(=O)c1cnc(N2CCCCCC2)cn1. The zero-order chi connectivity index (χ0) is 18.5. The second-order valence-electron chi connectivity index (χ2n) is 7.31. The maximum Gasteiger partial charge on any atom is 0.275 e. The van der Waals surface area contributed by atoms with Crippen molar-refractivity contribution in [3.8, 4) is 0 Å². The van der Waals surface area contributed by atoms with Crippen LogP contribution in [0.25, 0.3) is 0 Å². The molecule has 3 rings (SSSR count). The number of hydrogen-bond donors (Lipinski definition) is 1. The standard InChI is InChI=1S/C21H28N4O/c1-15(2)17-10-8-9-16(3)20(17)24-21(26)18-13-23-19(14-22-18)25-11-6-4-5-7-12-25/h8-10,13-15H,4-7,11-12H2,1-3H3,(H,24,26). The average molecular weight is 352 g/mol. The first kappa shape index (κ1) is 18.4. The summed E-state index contributed by atoms with van der Waals surface area (Å²) in [6.07, 6.45) is 8.24. The highest BCUT2D eigenvalue weighted by atomic mass is 16.1. The van der Waals surface area contributed by atoms with Crippen molar-refractivity contribution >= 4 is 17.4 Å². The van der Waals surface area contributed by atoms with Gasteiger partial charge in [-0.1, -0.05) is 44.9 Å². The second-order valence-corrected chi connectivity index (χ2v) is 7.31. The Labute approximate surface area is 155 Å². The molecule has 138 valence electrons. The number of carbonyl (C=O) groups is 1. The minimum atomic E-state index is -0.212. The molecule has 0 atom stereocenters. The van der Waals surface area contributed by atoms with Crippen molar-refractivity contribution in [3.63, 3.8) is 0 Å². The van der Waals surface area contributed by atoms with Crippen LogP contribution >= 0.6 is 0 Å². The van der Waals surface area contributed by atoms with Gasteiger partial charge in [0.05, 0.1) is 12.4 Å². The molecule has 1 fully saturated rings. The number of aryl methyl sites for hydroxylation is 1. The lowest BCUT2D eigenvalue weighted by atomic mass is 9.98. The molecule has 2 heterocycles. The van der Waals surface area contributed by atoms with Gasteiger partial charge in [-0.3, -0.25) is 4.79 Å². The normalized spacial score (nSPS) is 15.0. The summed E-state index contributed by atoms with van der Waals surface area (Å²) >= 11 is 0. The van der Waals surface area contributed by atoms with Crippen LogP contribution in [0.4, 0.5) is 11.5 Å². The number of para-hydroxylation sites is 1. The highest BCUT2D eigenvalue weighted by Crippen LogP contribution is 2.27. The van der Waals surface area contributed by atoms with Crippen molar-refractivity contribution in [2.45, 2.75) is 52.4 Å². The zero-order valence-electron chi connectivity index (χ0n) is 16.0. The van der Waals surface area contributed by atoms with Gasteiger partial charge in [0.2, 0.25) is 0 Å². The molecule has 0 spiro atoms. The number of nitrogens with zero attached hydrogens (tertiary/aromatic N) is 3. The Morgan fingerprint density at radius 1 is 1.08 bits per heavy atom. The number of amides is 1. The van der Waals surface area contributed by atoms with E-state index >= 15 is 0 Å². The summed E-state index contributed by atoms with van der Waals surface area (Å²) in [6, 6.07) is 6.09. The van der Waals surface area contributed by atoms with Gasteiger partial charge in [-0.25, -0.2) is 9.97 Å². The summed E-state index contributed by atoms with van der Waals surface area (Å²) < 4.78 is 0. The van der Waals surface area contributed by atoms with Crippen LogP contribution in [0.15, 0.2) is 30.6 Å². The topological polar surface area (TPSA) is 58.1 Å². The van der Waals surface area contributed by atoms with Crippen LogP contribution in [0.1, 0.15) is 67.1 Å². The predicted molar refractivity (Wildman–Crippen MR) is 106 cm³/mol. The lowest BCUT2D eigenvalue weighted by Crippen LogP contribution is -2.25. The summed E-state index contributed by atoms with van der Waals surface area (Å²) in [5.41, 5.74) is 3.42. The van der Waals surface area contributed by atoms with E-state index in [0.29, 0.717) is 11.6 Å². The van der Waals surface area contributed by atoms with Crippen LogP contribution in [-0.4, -0.2) is 29.0 Å². The largest absolute Gasteiger partial charge is 0.355 e. The molecule has 5 nitrogen and oxygen atoms in total. The Balaban J connectivity index is 1.75. The van der Waals surface area contributed by atoms with Gasteiger partial charge in [-0.15, -0.1) is 0 Å². The lowest BCUT2D eigenvalue weighted by Gasteiger charge is -2.21. The first-order valence-corrected chi connectivity index (χ1v) is 9.54. The summed E-state index contributed by atoms with van der Waals surface area (Å²) in [4.78, 5) is 23.8. The third kappa shape index (κ3) is 4.21. The molecule has 0 radical (unpaired) electrons. The fraction of sp³-hybridized carbons (Fsp3) is 0.476. The fourth-order valence-electron chi connectivity index (χ4n) is 3.42. The van der Waals surface area contributed by atoms with Crippen molar-refractivity contribution in [2.75, 3.05) is 23.3 Å². The number of benzene rings is 1. The third-order valence-corrected chi connectivity index (χ3v) is 4.97. The van der Waals surface area contributed by atoms with Crippen molar-refractivity contribution < 1.29 is 4.79 Å². The van der Waals surface area contributed by atoms with Gasteiger partial charge in [0.15, 0.2) is 0 Å². The molecule has 1 aliphatic heterocycles. The molecule has 0 aliphatic carbocycles. The van der Waals surface area contributed by atoms with Crippen LogP contribution in [-0.2, 0) is 0 Å². The van der Waals surface area contributed by atoms with Gasteiger partial charge < -0.3 is 10.2 Å². The van der Waals surface area contributed by atoms with Gasteiger partial charge in [0, 0.05) is 18.8 Å². The number of carbonyl (C=O) groups excluding carboxylic acids is 1. The molecule has 26 heavy (non-hydrogen) atoms. The fourth-order valence-corrected chi connectivity index (χ4v) is 3.42. The number of anilines is 2. The smallest absolute Gasteiger partial charge is 0.275 e. The van der Waals surface area contributed by atoms with Gasteiger partial charge >= 0.3 is 0 Å². The Bertz CT molecular complexity index is 747. The Kier molecular flexibility index (Phi) is 5.86. The highest BCUT2D eigenvalue weighted by Gasteiger charge is 2.16. The van der Waals surface area contributed by atoms with E-state index in [1.807, 2.05) is 19.1 Å². The van der Waals surface area contributed by atoms with Crippen LogP contribution < -0.4 is 10.2 Å². The maximum absolute atomic E-state index is 12.7. The van der Waals surface area contributed by atoms with Crippen LogP contribution in [0.2, 0.25) is 0 Å². The van der Waals surface area contributed by atoms with Crippen molar-refractivity contribution in [1.29, 1.82) is 0 Å². The molecular weight excluding hydrogens is 324 g/mol. The maximum atomic E-state index is 12.7. The molecule has 0 bridgehead atoms. The molecule has 1 aromatic carbocycles. The van der Waals surface area contributed by atoms with E-state index in [9.17, 15) is 4.79 Å².